The van der Waals surface area contributed by atoms with Crippen LogP contribution in [0.2, 0.25) is 0 Å². The van der Waals surface area contributed by atoms with Crippen LogP contribution in [0.5, 0.6) is 0 Å². The number of piperidine rings is 1. The average Bonchev–Trinajstić information content (AvgIpc) is 3.46. The molecule has 3 aromatic heterocycles. The highest BCUT2D eigenvalue weighted by atomic mass is 32.1. The van der Waals surface area contributed by atoms with E-state index in [1.165, 1.54) is 23.5 Å². The Morgan fingerprint density at radius 3 is 2.94 bits per heavy atom. The maximum absolute atomic E-state index is 13.5. The number of pyridine rings is 1. The number of nitrogens with zero attached hydrogens (tertiary/aromatic N) is 4. The highest BCUT2D eigenvalue weighted by Gasteiger charge is 2.34. The van der Waals surface area contributed by atoms with Gasteiger partial charge in [0, 0.05) is 19.2 Å². The summed E-state index contributed by atoms with van der Waals surface area (Å²) in [5, 5.41) is 0.735. The van der Waals surface area contributed by atoms with Gasteiger partial charge in [0.25, 0.3) is 5.91 Å². The minimum atomic E-state index is -0.277. The van der Waals surface area contributed by atoms with E-state index in [0.717, 1.165) is 35.5 Å². The lowest BCUT2D eigenvalue weighted by molar-refractivity contribution is 0.0574. The van der Waals surface area contributed by atoms with Crippen molar-refractivity contribution >= 4 is 17.2 Å². The maximum atomic E-state index is 13.5. The van der Waals surface area contributed by atoms with Crippen molar-refractivity contribution in [3.8, 4) is 10.7 Å². The summed E-state index contributed by atoms with van der Waals surface area (Å²) in [6.07, 6.45) is 6.57. The predicted molar refractivity (Wildman–Crippen MR) is 123 cm³/mol. The van der Waals surface area contributed by atoms with Gasteiger partial charge in [0.05, 0.1) is 17.6 Å². The summed E-state index contributed by atoms with van der Waals surface area (Å²) in [5.41, 5.74) is 2.28. The lowest BCUT2D eigenvalue weighted by atomic mass is 10.0. The minimum Gasteiger partial charge on any atom is -0.443 e. The predicted octanol–water partition coefficient (Wildman–Crippen LogP) is 5.60. The Labute approximate surface area is 195 Å². The summed E-state index contributed by atoms with van der Waals surface area (Å²) in [7, 11) is 0. The number of hydrogen-bond donors (Lipinski definition) is 0. The minimum absolute atomic E-state index is 0.0539. The number of carbonyl (C=O) groups excluding carboxylic acids is 1. The molecule has 1 atom stereocenters. The first-order chi connectivity index (χ1) is 16.1. The van der Waals surface area contributed by atoms with E-state index >= 15 is 0 Å². The van der Waals surface area contributed by atoms with Gasteiger partial charge in [-0.2, -0.15) is 0 Å². The number of aromatic nitrogens is 3. The second-order valence-corrected chi connectivity index (χ2v) is 9.13. The Morgan fingerprint density at radius 2 is 2.12 bits per heavy atom. The van der Waals surface area contributed by atoms with Crippen molar-refractivity contribution in [1.82, 2.24) is 19.9 Å². The number of rotatable bonds is 5. The third-order valence-corrected chi connectivity index (χ3v) is 6.93. The molecule has 0 saturated carbocycles. The highest BCUT2D eigenvalue weighted by Crippen LogP contribution is 2.35. The molecule has 0 aliphatic carbocycles. The van der Waals surface area contributed by atoms with Gasteiger partial charge in [-0.15, -0.1) is 11.3 Å². The Morgan fingerprint density at radius 1 is 1.21 bits per heavy atom. The number of oxazole rings is 1. The van der Waals surface area contributed by atoms with Crippen molar-refractivity contribution in [3.05, 3.63) is 88.5 Å². The van der Waals surface area contributed by atoms with Crippen molar-refractivity contribution in [2.45, 2.75) is 38.6 Å². The second-order valence-electron chi connectivity index (χ2n) is 8.13. The van der Waals surface area contributed by atoms with E-state index < -0.39 is 0 Å². The fraction of sp³-hybridized carbons (Fsp3) is 0.280. The van der Waals surface area contributed by atoms with E-state index in [1.807, 2.05) is 36.1 Å². The van der Waals surface area contributed by atoms with Gasteiger partial charge >= 0.3 is 0 Å². The quantitative estimate of drug-likeness (QED) is 0.386. The molecule has 1 saturated heterocycles. The molecule has 0 spiro atoms. The Bertz CT molecular complexity index is 1270. The number of amides is 1. The first-order valence-corrected chi connectivity index (χ1v) is 11.8. The molecule has 1 fully saturated rings. The zero-order chi connectivity index (χ0) is 22.8. The highest BCUT2D eigenvalue weighted by molar-refractivity contribution is 7.17. The first-order valence-electron chi connectivity index (χ1n) is 11.0. The van der Waals surface area contributed by atoms with Crippen LogP contribution < -0.4 is 0 Å². The Hall–Kier alpha value is -3.39. The summed E-state index contributed by atoms with van der Waals surface area (Å²) < 4.78 is 19.5. The summed E-state index contributed by atoms with van der Waals surface area (Å²) in [4.78, 5) is 29.4. The third kappa shape index (κ3) is 4.57. The third-order valence-electron chi connectivity index (χ3n) is 5.76. The van der Waals surface area contributed by atoms with Gasteiger partial charge in [-0.05, 0) is 56.0 Å². The number of likely N-dealkylation sites (tertiary alicyclic amines) is 1. The molecule has 1 amide bonds. The molecule has 1 aliphatic rings. The lowest BCUT2D eigenvalue weighted by Crippen LogP contribution is -2.38. The number of carbonyl (C=O) groups is 1. The normalized spacial score (nSPS) is 16.2. The van der Waals surface area contributed by atoms with Gasteiger partial charge in [-0.25, -0.2) is 14.4 Å². The number of hydrogen-bond acceptors (Lipinski definition) is 6. The number of benzene rings is 1. The molecule has 1 aromatic carbocycles. The van der Waals surface area contributed by atoms with Crippen molar-refractivity contribution < 1.29 is 13.6 Å². The molecule has 0 bridgehead atoms. The lowest BCUT2D eigenvalue weighted by Gasteiger charge is -2.33. The molecule has 1 aliphatic heterocycles. The van der Waals surface area contributed by atoms with Gasteiger partial charge in [0.1, 0.15) is 27.5 Å². The van der Waals surface area contributed by atoms with Crippen molar-refractivity contribution in [3.63, 3.8) is 0 Å². The molecule has 4 heterocycles. The molecule has 4 aromatic rings. The largest absolute Gasteiger partial charge is 0.443 e. The molecule has 8 heteroatoms. The molecule has 5 rings (SSSR count). The van der Waals surface area contributed by atoms with Crippen LogP contribution >= 0.6 is 11.3 Å². The van der Waals surface area contributed by atoms with Gasteiger partial charge < -0.3 is 9.32 Å². The molecule has 0 unspecified atom stereocenters. The van der Waals surface area contributed by atoms with E-state index in [1.54, 1.807) is 18.5 Å². The van der Waals surface area contributed by atoms with Gasteiger partial charge in [-0.1, -0.05) is 18.2 Å². The second kappa shape index (κ2) is 9.23. The molecular weight excluding hydrogens is 439 g/mol. The standard InChI is InChI=1S/C25H23FN4O2S/c1-16-22(33-24(29-16)20-9-2-4-11-27-20)25(31)30-12-5-3-10-21(30)23-28-15-19(32-23)14-17-7-6-8-18(26)13-17/h2,4,6-9,11,13,15,21H,3,5,10,12,14H2,1H3/t21-/m0/s1. The van der Waals surface area contributed by atoms with Crippen LogP contribution in [-0.2, 0) is 6.42 Å². The summed E-state index contributed by atoms with van der Waals surface area (Å²) in [6.45, 7) is 2.50. The van der Waals surface area contributed by atoms with Crippen molar-refractivity contribution in [1.29, 1.82) is 0 Å². The van der Waals surface area contributed by atoms with Crippen LogP contribution in [0.25, 0.3) is 10.7 Å². The Kier molecular flexibility index (Phi) is 6.00. The molecular formula is C25H23FN4O2S. The van der Waals surface area contributed by atoms with Gasteiger partial charge in [0.15, 0.2) is 0 Å². The number of aryl methyl sites for hydroxylation is 1. The van der Waals surface area contributed by atoms with Crippen molar-refractivity contribution in [2.24, 2.45) is 0 Å². The fourth-order valence-electron chi connectivity index (χ4n) is 4.16. The first kappa shape index (κ1) is 21.5. The van der Waals surface area contributed by atoms with E-state index in [4.69, 9.17) is 4.42 Å². The van der Waals surface area contributed by atoms with Gasteiger partial charge in [0.2, 0.25) is 5.89 Å². The van der Waals surface area contributed by atoms with Crippen LogP contribution in [-0.4, -0.2) is 32.3 Å². The van der Waals surface area contributed by atoms with Crippen LogP contribution in [0.3, 0.4) is 0 Å². The smallest absolute Gasteiger partial charge is 0.266 e. The Balaban J connectivity index is 1.38. The number of thiazole rings is 1. The van der Waals surface area contributed by atoms with E-state index in [-0.39, 0.29) is 17.8 Å². The topological polar surface area (TPSA) is 72.1 Å². The van der Waals surface area contributed by atoms with Crippen molar-refractivity contribution in [2.75, 3.05) is 6.54 Å². The summed E-state index contributed by atoms with van der Waals surface area (Å²) in [5.74, 6) is 0.851. The molecule has 168 valence electrons. The van der Waals surface area contributed by atoms with E-state index in [9.17, 15) is 9.18 Å². The van der Waals surface area contributed by atoms with Crippen LogP contribution in [0.4, 0.5) is 4.39 Å². The zero-order valence-electron chi connectivity index (χ0n) is 18.2. The summed E-state index contributed by atoms with van der Waals surface area (Å²) >= 11 is 1.37. The molecule has 0 radical (unpaired) electrons. The average molecular weight is 463 g/mol. The molecule has 0 N–H and O–H groups in total. The van der Waals surface area contributed by atoms with Crippen LogP contribution in [0.1, 0.15) is 57.9 Å². The number of halogens is 1. The van der Waals surface area contributed by atoms with E-state index in [0.29, 0.717) is 35.2 Å². The monoisotopic (exact) mass is 462 g/mol. The maximum Gasteiger partial charge on any atom is 0.266 e. The van der Waals surface area contributed by atoms with Gasteiger partial charge in [-0.3, -0.25) is 9.78 Å². The van der Waals surface area contributed by atoms with E-state index in [2.05, 4.69) is 15.0 Å². The van der Waals surface area contributed by atoms with Crippen LogP contribution in [0.15, 0.2) is 59.3 Å². The van der Waals surface area contributed by atoms with Crippen LogP contribution in [0, 0.1) is 12.7 Å². The zero-order valence-corrected chi connectivity index (χ0v) is 19.0. The summed E-state index contributed by atoms with van der Waals surface area (Å²) in [6, 6.07) is 11.9. The molecule has 33 heavy (non-hydrogen) atoms. The fourth-order valence-corrected chi connectivity index (χ4v) is 5.16. The molecule has 6 nitrogen and oxygen atoms in total. The SMILES string of the molecule is Cc1nc(-c2ccccn2)sc1C(=O)N1CCCC[C@H]1c1ncc(Cc2cccc(F)c2)o1.